The number of aryl methyl sites for hydroxylation is 1. The van der Waals surface area contributed by atoms with Gasteiger partial charge in [-0.1, -0.05) is 19.0 Å². The molecule has 5 rings (SSSR count). The highest BCUT2D eigenvalue weighted by Crippen LogP contribution is 2.39. The lowest BCUT2D eigenvalue weighted by Gasteiger charge is -2.30. The Kier molecular flexibility index (Phi) is 5.30. The average Bonchev–Trinajstić information content (AvgIpc) is 3.39. The van der Waals surface area contributed by atoms with E-state index in [1.165, 1.54) is 11.3 Å². The highest BCUT2D eigenvalue weighted by atomic mass is 16.5. The van der Waals surface area contributed by atoms with E-state index in [2.05, 4.69) is 65.5 Å². The molecule has 3 aromatic rings. The van der Waals surface area contributed by atoms with Crippen molar-refractivity contribution in [2.75, 3.05) is 18.4 Å². The molecule has 1 aliphatic heterocycles. The summed E-state index contributed by atoms with van der Waals surface area (Å²) in [6.45, 7) is 9.81. The van der Waals surface area contributed by atoms with Gasteiger partial charge in [0, 0.05) is 35.1 Å². The predicted molar refractivity (Wildman–Crippen MR) is 122 cm³/mol. The fourth-order valence-corrected chi connectivity index (χ4v) is 4.79. The van der Waals surface area contributed by atoms with Gasteiger partial charge in [-0.15, -0.1) is 0 Å². The molecule has 2 aromatic heterocycles. The number of nitrogens with zero attached hydrogens (tertiary/aromatic N) is 4. The Bertz CT molecular complexity index is 1040. The zero-order chi connectivity index (χ0) is 21.4. The van der Waals surface area contributed by atoms with Gasteiger partial charge < -0.3 is 15.2 Å². The number of rotatable bonds is 5. The number of benzene rings is 1. The smallest absolute Gasteiger partial charge is 0.279 e. The van der Waals surface area contributed by atoms with Crippen LogP contribution in [0, 0.1) is 5.41 Å². The zero-order valence-electron chi connectivity index (χ0n) is 18.7. The lowest BCUT2D eigenvalue weighted by atomic mass is 9.76. The van der Waals surface area contributed by atoms with Gasteiger partial charge in [-0.3, -0.25) is 4.68 Å². The van der Waals surface area contributed by atoms with E-state index in [1.54, 1.807) is 0 Å². The van der Waals surface area contributed by atoms with Crippen LogP contribution in [0.2, 0.25) is 0 Å². The first-order valence-electron chi connectivity index (χ1n) is 11.5. The van der Waals surface area contributed by atoms with E-state index >= 15 is 0 Å². The molecule has 3 heterocycles. The van der Waals surface area contributed by atoms with E-state index < -0.39 is 0 Å². The summed E-state index contributed by atoms with van der Waals surface area (Å²) in [6, 6.07) is 8.85. The first-order chi connectivity index (χ1) is 15.0. The van der Waals surface area contributed by atoms with Crippen molar-refractivity contribution in [3.05, 3.63) is 35.5 Å². The van der Waals surface area contributed by atoms with Crippen LogP contribution in [-0.2, 0) is 19.4 Å². The Morgan fingerprint density at radius 2 is 1.97 bits per heavy atom. The summed E-state index contributed by atoms with van der Waals surface area (Å²) in [5.41, 5.74) is 5.85. The Balaban J connectivity index is 1.36. The van der Waals surface area contributed by atoms with Crippen LogP contribution in [0.5, 0.6) is 0 Å². The Labute approximate surface area is 183 Å². The standard InChI is InChI=1S/C24H32N6O/c1-4-30-20-15-24(2,3)12-9-19(20)21(28-30)23-27-22(29-31-23)16-5-7-17(8-6-16)26-18-10-13-25-14-11-18/h5-8,18,25-26H,4,9-15H2,1-3H3. The normalized spacial score (nSPS) is 18.7. The molecule has 1 saturated heterocycles. The van der Waals surface area contributed by atoms with Gasteiger partial charge in [-0.25, -0.2) is 0 Å². The summed E-state index contributed by atoms with van der Waals surface area (Å²) in [5.74, 6) is 1.13. The van der Waals surface area contributed by atoms with E-state index in [0.29, 0.717) is 23.2 Å². The Morgan fingerprint density at radius 3 is 2.71 bits per heavy atom. The quantitative estimate of drug-likeness (QED) is 0.641. The molecule has 1 fully saturated rings. The van der Waals surface area contributed by atoms with Crippen molar-refractivity contribution in [3.8, 4) is 23.0 Å². The van der Waals surface area contributed by atoms with Crippen LogP contribution >= 0.6 is 0 Å². The highest BCUT2D eigenvalue weighted by Gasteiger charge is 2.32. The van der Waals surface area contributed by atoms with Gasteiger partial charge in [0.2, 0.25) is 5.82 Å². The molecule has 0 bridgehead atoms. The molecule has 31 heavy (non-hydrogen) atoms. The van der Waals surface area contributed by atoms with E-state index in [0.717, 1.165) is 68.7 Å². The molecule has 1 aromatic carbocycles. The van der Waals surface area contributed by atoms with Crippen LogP contribution in [0.1, 0.15) is 51.3 Å². The molecular weight excluding hydrogens is 388 g/mol. The highest BCUT2D eigenvalue weighted by molar-refractivity contribution is 5.63. The Hall–Kier alpha value is -2.67. The van der Waals surface area contributed by atoms with Crippen molar-refractivity contribution in [2.45, 2.75) is 65.5 Å². The molecule has 2 aliphatic rings. The van der Waals surface area contributed by atoms with E-state index in [-0.39, 0.29) is 0 Å². The molecule has 0 spiro atoms. The summed E-state index contributed by atoms with van der Waals surface area (Å²) < 4.78 is 7.78. The van der Waals surface area contributed by atoms with Crippen LogP contribution in [0.4, 0.5) is 5.69 Å². The maximum atomic E-state index is 5.67. The fourth-order valence-electron chi connectivity index (χ4n) is 4.79. The lowest BCUT2D eigenvalue weighted by molar-refractivity contribution is 0.304. The number of hydrogen-bond acceptors (Lipinski definition) is 6. The van der Waals surface area contributed by atoms with Gasteiger partial charge in [0.1, 0.15) is 0 Å². The molecule has 2 N–H and O–H groups in total. The Morgan fingerprint density at radius 1 is 1.19 bits per heavy atom. The molecule has 1 aliphatic carbocycles. The number of hydrogen-bond donors (Lipinski definition) is 2. The van der Waals surface area contributed by atoms with Gasteiger partial charge >= 0.3 is 0 Å². The first kappa shape index (κ1) is 20.2. The van der Waals surface area contributed by atoms with Crippen molar-refractivity contribution >= 4 is 5.69 Å². The third kappa shape index (κ3) is 4.11. The molecule has 0 radical (unpaired) electrons. The number of nitrogens with one attached hydrogen (secondary N) is 2. The van der Waals surface area contributed by atoms with Gasteiger partial charge in [0.15, 0.2) is 5.69 Å². The largest absolute Gasteiger partial charge is 0.382 e. The molecule has 0 atom stereocenters. The van der Waals surface area contributed by atoms with Crippen molar-refractivity contribution in [3.63, 3.8) is 0 Å². The minimum absolute atomic E-state index is 0.307. The summed E-state index contributed by atoms with van der Waals surface area (Å²) >= 11 is 0. The van der Waals surface area contributed by atoms with Gasteiger partial charge in [-0.2, -0.15) is 10.1 Å². The second-order valence-corrected chi connectivity index (χ2v) is 9.60. The maximum Gasteiger partial charge on any atom is 0.279 e. The second kappa shape index (κ2) is 8.11. The van der Waals surface area contributed by atoms with Gasteiger partial charge in [-0.05, 0) is 81.8 Å². The van der Waals surface area contributed by atoms with Crippen LogP contribution in [0.3, 0.4) is 0 Å². The third-order valence-corrected chi connectivity index (χ3v) is 6.65. The van der Waals surface area contributed by atoms with Crippen molar-refractivity contribution in [2.24, 2.45) is 5.41 Å². The van der Waals surface area contributed by atoms with Crippen molar-refractivity contribution in [1.82, 2.24) is 25.2 Å². The van der Waals surface area contributed by atoms with E-state index in [1.807, 2.05) is 0 Å². The molecule has 164 valence electrons. The summed E-state index contributed by atoms with van der Waals surface area (Å²) in [6.07, 6.45) is 5.50. The number of fused-ring (bicyclic) bond motifs is 1. The monoisotopic (exact) mass is 420 g/mol. The SMILES string of the molecule is CCn1nc(-c2nc(-c3ccc(NC4CCNCC4)cc3)no2)c2c1CC(C)(C)CC2. The fraction of sp³-hybridized carbons (Fsp3) is 0.542. The molecule has 7 nitrogen and oxygen atoms in total. The average molecular weight is 421 g/mol. The molecule has 7 heteroatoms. The van der Waals surface area contributed by atoms with Crippen LogP contribution in [0.15, 0.2) is 28.8 Å². The first-order valence-corrected chi connectivity index (χ1v) is 11.5. The molecule has 0 amide bonds. The van der Waals surface area contributed by atoms with Crippen LogP contribution in [0.25, 0.3) is 23.0 Å². The summed E-state index contributed by atoms with van der Waals surface area (Å²) in [5, 5.41) is 16.1. The van der Waals surface area contributed by atoms with Crippen molar-refractivity contribution < 1.29 is 4.52 Å². The third-order valence-electron chi connectivity index (χ3n) is 6.65. The minimum atomic E-state index is 0.307. The molecular formula is C24H32N6O. The van der Waals surface area contributed by atoms with E-state index in [9.17, 15) is 0 Å². The maximum absolute atomic E-state index is 5.67. The molecule has 0 saturated carbocycles. The van der Waals surface area contributed by atoms with Crippen LogP contribution in [-0.4, -0.2) is 39.1 Å². The number of anilines is 1. The number of aromatic nitrogens is 4. The minimum Gasteiger partial charge on any atom is -0.382 e. The lowest BCUT2D eigenvalue weighted by Crippen LogP contribution is -2.35. The van der Waals surface area contributed by atoms with Gasteiger partial charge in [0.05, 0.1) is 0 Å². The van der Waals surface area contributed by atoms with E-state index in [4.69, 9.17) is 14.6 Å². The predicted octanol–water partition coefficient (Wildman–Crippen LogP) is 4.30. The van der Waals surface area contributed by atoms with Gasteiger partial charge in [0.25, 0.3) is 5.89 Å². The van der Waals surface area contributed by atoms with Crippen molar-refractivity contribution in [1.29, 1.82) is 0 Å². The number of piperidine rings is 1. The topological polar surface area (TPSA) is 80.8 Å². The summed E-state index contributed by atoms with van der Waals surface area (Å²) in [4.78, 5) is 4.71. The second-order valence-electron chi connectivity index (χ2n) is 9.60. The molecule has 0 unspecified atom stereocenters. The zero-order valence-corrected chi connectivity index (χ0v) is 18.7. The summed E-state index contributed by atoms with van der Waals surface area (Å²) in [7, 11) is 0. The van der Waals surface area contributed by atoms with Crippen LogP contribution < -0.4 is 10.6 Å².